The SMILES string of the molecule is COc1ccc(-c2ccc(OC)nc2)c(OC2CCC(O[Si](C)(C)C(C)(C)C)CC2)c1. The van der Waals surface area contributed by atoms with Crippen molar-refractivity contribution in [2.75, 3.05) is 14.2 Å². The Morgan fingerprint density at radius 2 is 1.58 bits per heavy atom. The first kappa shape index (κ1) is 23.6. The molecule has 1 aromatic carbocycles. The van der Waals surface area contributed by atoms with E-state index in [9.17, 15) is 0 Å². The van der Waals surface area contributed by atoms with Crippen LogP contribution in [0, 0.1) is 0 Å². The lowest BCUT2D eigenvalue weighted by Gasteiger charge is -2.41. The van der Waals surface area contributed by atoms with Crippen molar-refractivity contribution in [3.8, 4) is 28.5 Å². The molecule has 0 unspecified atom stereocenters. The molecule has 6 heteroatoms. The number of hydrogen-bond donors (Lipinski definition) is 0. The molecule has 1 aliphatic rings. The van der Waals surface area contributed by atoms with Crippen LogP contribution in [0.1, 0.15) is 46.5 Å². The summed E-state index contributed by atoms with van der Waals surface area (Å²) in [7, 11) is 1.56. The summed E-state index contributed by atoms with van der Waals surface area (Å²) < 4.78 is 23.8. The van der Waals surface area contributed by atoms with E-state index in [1.165, 1.54) is 0 Å². The van der Waals surface area contributed by atoms with E-state index >= 15 is 0 Å². The fraction of sp³-hybridized carbons (Fsp3) is 0.560. The molecule has 1 heterocycles. The second kappa shape index (κ2) is 9.61. The Bertz CT molecular complexity index is 853. The highest BCUT2D eigenvalue weighted by Gasteiger charge is 2.40. The van der Waals surface area contributed by atoms with Crippen molar-refractivity contribution in [3.63, 3.8) is 0 Å². The van der Waals surface area contributed by atoms with Gasteiger partial charge in [-0.25, -0.2) is 4.98 Å². The zero-order chi connectivity index (χ0) is 22.6. The topological polar surface area (TPSA) is 49.8 Å². The fourth-order valence-electron chi connectivity index (χ4n) is 3.67. The van der Waals surface area contributed by atoms with Crippen LogP contribution in [-0.2, 0) is 4.43 Å². The molecule has 0 amide bonds. The minimum Gasteiger partial charge on any atom is -0.497 e. The predicted molar refractivity (Wildman–Crippen MR) is 128 cm³/mol. The molecule has 1 fully saturated rings. The summed E-state index contributed by atoms with van der Waals surface area (Å²) in [6, 6.07) is 9.83. The second-order valence-electron chi connectivity index (χ2n) is 9.85. The van der Waals surface area contributed by atoms with Gasteiger partial charge in [0, 0.05) is 35.6 Å². The molecule has 1 aromatic heterocycles. The minimum atomic E-state index is -1.74. The van der Waals surface area contributed by atoms with Gasteiger partial charge in [-0.3, -0.25) is 0 Å². The van der Waals surface area contributed by atoms with Gasteiger partial charge in [0.2, 0.25) is 5.88 Å². The quantitative estimate of drug-likeness (QED) is 0.459. The molecule has 0 spiro atoms. The highest BCUT2D eigenvalue weighted by Crippen LogP contribution is 2.40. The van der Waals surface area contributed by atoms with Gasteiger partial charge in [-0.15, -0.1) is 0 Å². The molecule has 2 aromatic rings. The molecule has 0 atom stereocenters. The van der Waals surface area contributed by atoms with Crippen LogP contribution in [0.2, 0.25) is 18.1 Å². The fourth-order valence-corrected chi connectivity index (χ4v) is 5.09. The summed E-state index contributed by atoms with van der Waals surface area (Å²) in [6.45, 7) is 11.6. The van der Waals surface area contributed by atoms with Crippen LogP contribution in [0.3, 0.4) is 0 Å². The molecular weight excluding hydrogens is 406 g/mol. The number of methoxy groups -OCH3 is 2. The van der Waals surface area contributed by atoms with Crippen molar-refractivity contribution >= 4 is 8.32 Å². The van der Waals surface area contributed by atoms with E-state index in [1.54, 1.807) is 14.2 Å². The van der Waals surface area contributed by atoms with Gasteiger partial charge in [-0.1, -0.05) is 20.8 Å². The van der Waals surface area contributed by atoms with Gasteiger partial charge in [0.25, 0.3) is 0 Å². The maximum atomic E-state index is 6.64. The molecule has 3 rings (SSSR count). The van der Waals surface area contributed by atoms with Crippen molar-refractivity contribution in [1.82, 2.24) is 4.98 Å². The third kappa shape index (κ3) is 5.80. The first-order valence-electron chi connectivity index (χ1n) is 11.2. The smallest absolute Gasteiger partial charge is 0.212 e. The minimum absolute atomic E-state index is 0.177. The molecule has 0 saturated heterocycles. The number of pyridine rings is 1. The van der Waals surface area contributed by atoms with E-state index in [4.69, 9.17) is 18.6 Å². The molecule has 0 bridgehead atoms. The number of hydrogen-bond acceptors (Lipinski definition) is 5. The van der Waals surface area contributed by atoms with Crippen molar-refractivity contribution in [2.24, 2.45) is 0 Å². The Morgan fingerprint density at radius 3 is 2.13 bits per heavy atom. The lowest BCUT2D eigenvalue weighted by molar-refractivity contribution is 0.0727. The number of ether oxygens (including phenoxy) is 3. The van der Waals surface area contributed by atoms with Crippen LogP contribution in [0.25, 0.3) is 11.1 Å². The first-order valence-corrected chi connectivity index (χ1v) is 14.1. The van der Waals surface area contributed by atoms with Crippen LogP contribution in [0.4, 0.5) is 0 Å². The van der Waals surface area contributed by atoms with E-state index in [2.05, 4.69) is 38.8 Å². The van der Waals surface area contributed by atoms with Gasteiger partial charge in [0.15, 0.2) is 8.32 Å². The Morgan fingerprint density at radius 1 is 0.903 bits per heavy atom. The summed E-state index contributed by atoms with van der Waals surface area (Å²) in [5.41, 5.74) is 2.00. The van der Waals surface area contributed by atoms with Gasteiger partial charge in [0.05, 0.1) is 20.3 Å². The van der Waals surface area contributed by atoms with Crippen molar-refractivity contribution in [3.05, 3.63) is 36.5 Å². The average Bonchev–Trinajstić information content (AvgIpc) is 2.74. The monoisotopic (exact) mass is 443 g/mol. The van der Waals surface area contributed by atoms with Crippen LogP contribution in [-0.4, -0.2) is 39.7 Å². The molecule has 1 saturated carbocycles. The van der Waals surface area contributed by atoms with Gasteiger partial charge in [-0.05, 0) is 62.0 Å². The maximum absolute atomic E-state index is 6.64. The summed E-state index contributed by atoms with van der Waals surface area (Å²) >= 11 is 0. The normalized spacial score (nSPS) is 19.7. The Labute approximate surface area is 188 Å². The summed E-state index contributed by atoms with van der Waals surface area (Å²) in [6.07, 6.45) is 6.42. The molecule has 5 nitrogen and oxygen atoms in total. The zero-order valence-corrected chi connectivity index (χ0v) is 21.0. The molecule has 1 aliphatic carbocycles. The number of aromatic nitrogens is 1. The number of benzene rings is 1. The maximum Gasteiger partial charge on any atom is 0.212 e. The molecule has 0 N–H and O–H groups in total. The van der Waals surface area contributed by atoms with Gasteiger partial charge >= 0.3 is 0 Å². The standard InChI is InChI=1S/C25H37NO4Si/c1-25(2,3)31(6,7)30-20-11-9-19(10-12-20)29-23-16-21(27-4)13-14-22(23)18-8-15-24(28-5)26-17-18/h8,13-17,19-20H,9-12H2,1-7H3. The van der Waals surface area contributed by atoms with Gasteiger partial charge in [0.1, 0.15) is 11.5 Å². The third-order valence-electron chi connectivity index (χ3n) is 6.63. The Balaban J connectivity index is 1.70. The van der Waals surface area contributed by atoms with Crippen molar-refractivity contribution < 1.29 is 18.6 Å². The summed E-state index contributed by atoms with van der Waals surface area (Å²) in [5, 5.41) is 0.238. The summed E-state index contributed by atoms with van der Waals surface area (Å²) in [4.78, 5) is 4.35. The molecule has 31 heavy (non-hydrogen) atoms. The molecule has 0 aliphatic heterocycles. The second-order valence-corrected chi connectivity index (χ2v) is 14.6. The molecule has 170 valence electrons. The third-order valence-corrected chi connectivity index (χ3v) is 11.2. The first-order chi connectivity index (χ1) is 14.6. The van der Waals surface area contributed by atoms with Crippen LogP contribution in [0.5, 0.6) is 17.4 Å². The highest BCUT2D eigenvalue weighted by atomic mass is 28.4. The largest absolute Gasteiger partial charge is 0.497 e. The average molecular weight is 444 g/mol. The Kier molecular flexibility index (Phi) is 7.32. The van der Waals surface area contributed by atoms with E-state index in [0.29, 0.717) is 12.0 Å². The number of nitrogens with zero attached hydrogens (tertiary/aromatic N) is 1. The lowest BCUT2D eigenvalue weighted by Crippen LogP contribution is -2.45. The van der Waals surface area contributed by atoms with E-state index in [1.807, 2.05) is 36.5 Å². The Hall–Kier alpha value is -2.05. The zero-order valence-electron chi connectivity index (χ0n) is 20.0. The van der Waals surface area contributed by atoms with E-state index in [0.717, 1.165) is 48.3 Å². The van der Waals surface area contributed by atoms with Gasteiger partial charge < -0.3 is 18.6 Å². The molecular formula is C25H37NO4Si. The van der Waals surface area contributed by atoms with Crippen LogP contribution < -0.4 is 14.2 Å². The van der Waals surface area contributed by atoms with E-state index in [-0.39, 0.29) is 11.1 Å². The highest BCUT2D eigenvalue weighted by molar-refractivity contribution is 6.74. The van der Waals surface area contributed by atoms with Crippen molar-refractivity contribution in [2.45, 2.75) is 76.8 Å². The molecule has 0 radical (unpaired) electrons. The summed E-state index contributed by atoms with van der Waals surface area (Å²) in [5.74, 6) is 2.22. The van der Waals surface area contributed by atoms with Crippen LogP contribution in [0.15, 0.2) is 36.5 Å². The van der Waals surface area contributed by atoms with Crippen LogP contribution >= 0.6 is 0 Å². The van der Waals surface area contributed by atoms with E-state index < -0.39 is 8.32 Å². The van der Waals surface area contributed by atoms with Crippen molar-refractivity contribution in [1.29, 1.82) is 0 Å². The number of rotatable bonds is 7. The van der Waals surface area contributed by atoms with Gasteiger partial charge in [-0.2, -0.15) is 0 Å². The lowest BCUT2D eigenvalue weighted by atomic mass is 9.95. The predicted octanol–water partition coefficient (Wildman–Crippen LogP) is 6.48.